The Labute approximate surface area is 252 Å². The highest BCUT2D eigenvalue weighted by atomic mass is 32.2. The van der Waals surface area contributed by atoms with Gasteiger partial charge in [-0.25, -0.2) is 4.79 Å². The molecule has 0 radical (unpaired) electrons. The summed E-state index contributed by atoms with van der Waals surface area (Å²) in [7, 11) is 0. The molecule has 0 saturated carbocycles. The zero-order valence-corrected chi connectivity index (χ0v) is 24.6. The number of aliphatic carboxylic acids is 1. The first-order valence-electron chi connectivity index (χ1n) is 14.0. The third-order valence-electron chi connectivity index (χ3n) is 7.43. The summed E-state index contributed by atoms with van der Waals surface area (Å²) < 4.78 is 11.3. The molecule has 232 valence electrons. The molecule has 43 heavy (non-hydrogen) atoms. The second kappa shape index (κ2) is 14.0. The van der Waals surface area contributed by atoms with Crippen molar-refractivity contribution >= 4 is 35.3 Å². The minimum atomic E-state index is -2.34. The van der Waals surface area contributed by atoms with Gasteiger partial charge >= 0.3 is 5.97 Å². The molecule has 0 aromatic heterocycles. The fraction of sp³-hybridized carbons (Fsp3) is 0.467. The second-order valence-electron chi connectivity index (χ2n) is 10.4. The number of ether oxygens (including phenoxy) is 2. The first-order valence-corrected chi connectivity index (χ1v) is 15.1. The van der Waals surface area contributed by atoms with Gasteiger partial charge in [-0.15, -0.1) is 0 Å². The van der Waals surface area contributed by atoms with E-state index in [1.54, 1.807) is 30.0 Å². The Balaban J connectivity index is 1.46. The standard InChI is InChI=1S/C30H36N2O10S/c1-3-43-12-6-11-41-30(29(39)40)14-22(34)24(32-16(2)33)27(42-30)26(37)23(35)15-31-28(38)17-9-10-19-18-7-4-5-8-20(18)25(36)21(19)13-17/h4-5,7-10,13,22-24,26-27,34-35,37H,3,6,11-12,14-15H2,1-2H3,(H,31,38)(H,32,33)(H,39,40)/t22?,23-,24-,26-,27-,30-/m1/s1. The Morgan fingerprint density at radius 1 is 1.12 bits per heavy atom. The number of rotatable bonds is 13. The summed E-state index contributed by atoms with van der Waals surface area (Å²) in [4.78, 5) is 49.9. The maximum atomic E-state index is 12.9. The molecule has 13 heteroatoms. The minimum absolute atomic E-state index is 0.00733. The van der Waals surface area contributed by atoms with Gasteiger partial charge in [-0.1, -0.05) is 37.3 Å². The first-order chi connectivity index (χ1) is 20.5. The summed E-state index contributed by atoms with van der Waals surface area (Å²) in [6.45, 7) is 2.65. The van der Waals surface area contributed by atoms with E-state index >= 15 is 0 Å². The third kappa shape index (κ3) is 7.08. The van der Waals surface area contributed by atoms with Crippen molar-refractivity contribution in [3.63, 3.8) is 0 Å². The molecule has 1 heterocycles. The number of benzene rings is 2. The predicted octanol–water partition coefficient (Wildman–Crippen LogP) is 0.945. The monoisotopic (exact) mass is 616 g/mol. The number of carboxylic acid groups (broad SMARTS) is 1. The molecule has 2 aliphatic rings. The molecule has 6 N–H and O–H groups in total. The van der Waals surface area contributed by atoms with Gasteiger partial charge in [0.1, 0.15) is 12.2 Å². The van der Waals surface area contributed by atoms with Gasteiger partial charge in [-0.05, 0) is 41.2 Å². The van der Waals surface area contributed by atoms with Crippen molar-refractivity contribution in [2.24, 2.45) is 0 Å². The van der Waals surface area contributed by atoms with Crippen LogP contribution in [0.1, 0.15) is 53.0 Å². The molecule has 1 fully saturated rings. The summed E-state index contributed by atoms with van der Waals surface area (Å²) in [5, 5.41) is 47.6. The number of carbonyl (C=O) groups is 4. The average molecular weight is 617 g/mol. The number of amides is 2. The van der Waals surface area contributed by atoms with Gasteiger partial charge in [0.25, 0.3) is 11.7 Å². The number of hydrogen-bond acceptors (Lipinski definition) is 10. The average Bonchev–Trinajstić information content (AvgIpc) is 3.27. The lowest BCUT2D eigenvalue weighted by molar-refractivity contribution is -0.310. The SMILES string of the molecule is CCSCCCO[C@]1(C(=O)O)CC(O)[C@@H](NC(C)=O)[C@H]([C@H](O)[C@H](O)CNC(=O)c2ccc3c(c2)C(=O)c2ccccc2-3)O1. The zero-order valence-electron chi connectivity index (χ0n) is 23.8. The van der Waals surface area contributed by atoms with Gasteiger partial charge in [-0.3, -0.25) is 14.4 Å². The van der Waals surface area contributed by atoms with Crippen LogP contribution in [0.4, 0.5) is 0 Å². The molecular formula is C30H36N2O10S. The van der Waals surface area contributed by atoms with Gasteiger partial charge in [0.15, 0.2) is 5.78 Å². The highest BCUT2D eigenvalue weighted by Crippen LogP contribution is 2.37. The number of aliphatic hydroxyl groups is 3. The van der Waals surface area contributed by atoms with Gasteiger partial charge < -0.3 is 40.5 Å². The van der Waals surface area contributed by atoms with Gasteiger partial charge in [0.2, 0.25) is 5.91 Å². The Morgan fingerprint density at radius 3 is 2.49 bits per heavy atom. The molecule has 6 atom stereocenters. The van der Waals surface area contributed by atoms with Crippen LogP contribution in [0.15, 0.2) is 42.5 Å². The Kier molecular flexibility index (Phi) is 10.6. The van der Waals surface area contributed by atoms with E-state index in [2.05, 4.69) is 10.6 Å². The summed E-state index contributed by atoms with van der Waals surface area (Å²) in [5.74, 6) is -3.72. The van der Waals surface area contributed by atoms with Crippen molar-refractivity contribution in [1.29, 1.82) is 0 Å². The Morgan fingerprint density at radius 2 is 1.81 bits per heavy atom. The number of fused-ring (bicyclic) bond motifs is 3. The van der Waals surface area contributed by atoms with E-state index in [1.807, 2.05) is 19.1 Å². The maximum Gasteiger partial charge on any atom is 0.364 e. The molecule has 1 unspecified atom stereocenters. The molecular weight excluding hydrogens is 580 g/mol. The van der Waals surface area contributed by atoms with Crippen LogP contribution in [0.3, 0.4) is 0 Å². The van der Waals surface area contributed by atoms with Gasteiger partial charge in [0, 0.05) is 36.6 Å². The van der Waals surface area contributed by atoms with E-state index in [1.165, 1.54) is 19.1 Å². The Bertz CT molecular complexity index is 1370. The van der Waals surface area contributed by atoms with E-state index in [-0.39, 0.29) is 18.0 Å². The van der Waals surface area contributed by atoms with Gasteiger partial charge in [0.05, 0.1) is 24.9 Å². The maximum absolute atomic E-state index is 12.9. The quantitative estimate of drug-likeness (QED) is 0.150. The first kappa shape index (κ1) is 32.6. The van der Waals surface area contributed by atoms with Gasteiger partial charge in [-0.2, -0.15) is 11.8 Å². The molecule has 2 aromatic carbocycles. The van der Waals surface area contributed by atoms with Crippen molar-refractivity contribution < 1.29 is 49.1 Å². The van der Waals surface area contributed by atoms with E-state index in [9.17, 15) is 39.6 Å². The summed E-state index contributed by atoms with van der Waals surface area (Å²) >= 11 is 1.64. The lowest BCUT2D eigenvalue weighted by atomic mass is 9.88. The molecule has 2 amide bonds. The predicted molar refractivity (Wildman–Crippen MR) is 157 cm³/mol. The lowest BCUT2D eigenvalue weighted by Gasteiger charge is -2.46. The van der Waals surface area contributed by atoms with Crippen LogP contribution in [-0.4, -0.2) is 105 Å². The number of nitrogens with one attached hydrogen (secondary N) is 2. The highest BCUT2D eigenvalue weighted by Gasteiger charge is 2.55. The van der Waals surface area contributed by atoms with Crippen LogP contribution in [0.2, 0.25) is 0 Å². The van der Waals surface area contributed by atoms with Crippen molar-refractivity contribution in [3.05, 3.63) is 59.2 Å². The molecule has 2 aromatic rings. The molecule has 4 rings (SSSR count). The summed E-state index contributed by atoms with van der Waals surface area (Å²) in [6, 6.07) is 10.5. The summed E-state index contributed by atoms with van der Waals surface area (Å²) in [6.07, 6.45) is -6.72. The van der Waals surface area contributed by atoms with E-state index in [0.29, 0.717) is 28.9 Å². The van der Waals surface area contributed by atoms with Crippen molar-refractivity contribution in [2.75, 3.05) is 24.7 Å². The molecule has 1 saturated heterocycles. The smallest absolute Gasteiger partial charge is 0.364 e. The third-order valence-corrected chi connectivity index (χ3v) is 8.42. The van der Waals surface area contributed by atoms with Crippen LogP contribution in [0.5, 0.6) is 0 Å². The molecule has 0 spiro atoms. The molecule has 0 bridgehead atoms. The Hall–Kier alpha value is -3.33. The summed E-state index contributed by atoms with van der Waals surface area (Å²) in [5.41, 5.74) is 2.55. The minimum Gasteiger partial charge on any atom is -0.477 e. The zero-order chi connectivity index (χ0) is 31.3. The number of carbonyl (C=O) groups excluding carboxylic acids is 3. The number of aliphatic hydroxyl groups excluding tert-OH is 3. The van der Waals surface area contributed by atoms with Crippen molar-refractivity contribution in [1.82, 2.24) is 10.6 Å². The normalized spacial score (nSPS) is 24.0. The van der Waals surface area contributed by atoms with E-state index < -0.39 is 67.0 Å². The van der Waals surface area contributed by atoms with E-state index in [4.69, 9.17) is 9.47 Å². The fourth-order valence-corrected chi connectivity index (χ4v) is 5.91. The van der Waals surface area contributed by atoms with Crippen LogP contribution in [-0.2, 0) is 19.1 Å². The largest absolute Gasteiger partial charge is 0.477 e. The topological polar surface area (TPSA) is 192 Å². The highest BCUT2D eigenvalue weighted by molar-refractivity contribution is 7.99. The van der Waals surface area contributed by atoms with Crippen LogP contribution in [0, 0.1) is 0 Å². The van der Waals surface area contributed by atoms with Crippen molar-refractivity contribution in [2.45, 2.75) is 62.9 Å². The van der Waals surface area contributed by atoms with Crippen LogP contribution >= 0.6 is 11.8 Å². The number of ketones is 1. The molecule has 1 aliphatic heterocycles. The van der Waals surface area contributed by atoms with E-state index in [0.717, 1.165) is 11.3 Å². The number of thioether (sulfide) groups is 1. The van der Waals surface area contributed by atoms with Crippen LogP contribution < -0.4 is 10.6 Å². The van der Waals surface area contributed by atoms with Crippen molar-refractivity contribution in [3.8, 4) is 11.1 Å². The second-order valence-corrected chi connectivity index (χ2v) is 11.8. The number of carboxylic acids is 1. The van der Waals surface area contributed by atoms with Crippen LogP contribution in [0.25, 0.3) is 11.1 Å². The fourth-order valence-electron chi connectivity index (χ4n) is 5.30. The lowest BCUT2D eigenvalue weighted by Crippen LogP contribution is -2.68. The molecule has 12 nitrogen and oxygen atoms in total. The number of hydrogen-bond donors (Lipinski definition) is 6. The molecule has 1 aliphatic carbocycles.